The average molecular weight is 1110 g/mol. The summed E-state index contributed by atoms with van der Waals surface area (Å²) < 4.78 is 54.2. The van der Waals surface area contributed by atoms with E-state index >= 15 is 0 Å². The van der Waals surface area contributed by atoms with Crippen molar-refractivity contribution in [2.24, 2.45) is 0 Å². The largest absolute Gasteiger partial charge is 0.508 e. The summed E-state index contributed by atoms with van der Waals surface area (Å²) in [7, 11) is 0. The smallest absolute Gasteiger partial charge is 0.402 e. The van der Waals surface area contributed by atoms with Crippen molar-refractivity contribution in [2.75, 3.05) is 19.8 Å². The predicted octanol–water partition coefficient (Wildman–Crippen LogP) is -3.33. The molecule has 0 bridgehead atoms. The number of aliphatic carboxylic acids is 2. The molecule has 3 aliphatic heterocycles. The number of benzene rings is 3. The van der Waals surface area contributed by atoms with Crippen molar-refractivity contribution in [1.82, 2.24) is 0 Å². The summed E-state index contributed by atoms with van der Waals surface area (Å²) in [6.07, 6.45) is -31.0. The molecule has 2 unspecified atom stereocenters. The fourth-order valence-corrected chi connectivity index (χ4v) is 7.91. The lowest BCUT2D eigenvalue weighted by atomic mass is 9.98. The zero-order valence-electron chi connectivity index (χ0n) is 39.8. The maximum absolute atomic E-state index is 13.0. The molecule has 0 spiro atoms. The highest BCUT2D eigenvalue weighted by atomic mass is 16.8. The van der Waals surface area contributed by atoms with E-state index in [1.165, 1.54) is 36.4 Å². The monoisotopic (exact) mass is 1110 g/mol. The molecule has 0 saturated carbocycles. The molecule has 4 aromatic rings. The normalized spacial score (nSPS) is 29.0. The third kappa shape index (κ3) is 13.4. The van der Waals surface area contributed by atoms with Crippen LogP contribution in [-0.4, -0.2) is 224 Å². The molecule has 1 aromatic heterocycles. The Morgan fingerprint density at radius 1 is 0.641 bits per heavy atom. The van der Waals surface area contributed by atoms with Gasteiger partial charge in [0.1, 0.15) is 96.7 Å². The number of aromatic hydroxyl groups is 4. The number of aliphatic hydroxyl groups excluding tert-OH is 9. The van der Waals surface area contributed by atoms with Crippen LogP contribution in [0.2, 0.25) is 0 Å². The molecule has 78 heavy (non-hydrogen) atoms. The maximum atomic E-state index is 13.0. The Bertz CT molecular complexity index is 2840. The zero-order valence-corrected chi connectivity index (χ0v) is 39.8. The first-order chi connectivity index (χ1) is 36.9. The van der Waals surface area contributed by atoms with Gasteiger partial charge < -0.3 is 119 Å². The highest BCUT2D eigenvalue weighted by Gasteiger charge is 2.51. The Kier molecular flexibility index (Phi) is 18.5. The number of aliphatic hydroxyl groups is 9. The van der Waals surface area contributed by atoms with Crippen LogP contribution >= 0.6 is 0 Å². The first kappa shape index (κ1) is 58.1. The first-order valence-electron chi connectivity index (χ1n) is 23.1. The summed E-state index contributed by atoms with van der Waals surface area (Å²) in [6, 6.07) is 11.9. The minimum Gasteiger partial charge on any atom is -0.508 e. The summed E-state index contributed by atoms with van der Waals surface area (Å²) in [5.74, 6) is -11.7. The van der Waals surface area contributed by atoms with Crippen LogP contribution in [0.25, 0.3) is 28.4 Å². The zero-order chi connectivity index (χ0) is 56.9. The van der Waals surface area contributed by atoms with Crippen LogP contribution in [0.15, 0.2) is 71.2 Å². The van der Waals surface area contributed by atoms with Crippen molar-refractivity contribution in [1.29, 1.82) is 0 Å². The highest BCUT2D eigenvalue weighted by Crippen LogP contribution is 2.42. The first-order valence-corrected chi connectivity index (χ1v) is 23.1. The number of ether oxygens (including phenoxy) is 9. The molecule has 30 nitrogen and oxygen atoms in total. The number of carboxylic acids is 2. The van der Waals surface area contributed by atoms with E-state index in [-0.39, 0.29) is 45.1 Å². The van der Waals surface area contributed by atoms with Crippen molar-refractivity contribution < 1.29 is 148 Å². The number of fused-ring (bicyclic) bond motifs is 1. The molecule has 3 saturated heterocycles. The molecule has 3 aromatic carbocycles. The van der Waals surface area contributed by atoms with Gasteiger partial charge in [-0.05, 0) is 48.0 Å². The van der Waals surface area contributed by atoms with Crippen molar-refractivity contribution in [3.63, 3.8) is 0 Å². The van der Waals surface area contributed by atoms with E-state index in [1.54, 1.807) is 0 Å². The Morgan fingerprint density at radius 2 is 1.28 bits per heavy atom. The van der Waals surface area contributed by atoms with E-state index in [4.69, 9.17) is 47.0 Å². The van der Waals surface area contributed by atoms with Crippen LogP contribution in [0.4, 0.5) is 0 Å². The highest BCUT2D eigenvalue weighted by molar-refractivity contribution is 5.95. The number of hydrogen-bond donors (Lipinski definition) is 15. The number of rotatable bonds is 19. The Balaban J connectivity index is 1.01. The van der Waals surface area contributed by atoms with Gasteiger partial charge in [-0.2, -0.15) is 0 Å². The second-order valence-electron chi connectivity index (χ2n) is 17.5. The molecule has 0 aliphatic carbocycles. The van der Waals surface area contributed by atoms with E-state index in [0.717, 1.165) is 30.3 Å². The maximum Gasteiger partial charge on any atom is 0.402 e. The fraction of sp³-hybridized carbons (Fsp3) is 0.417. The molecule has 16 atom stereocenters. The summed E-state index contributed by atoms with van der Waals surface area (Å²) in [6.45, 7) is -2.40. The molecule has 4 heterocycles. The summed E-state index contributed by atoms with van der Waals surface area (Å²) in [5.41, 5.74) is 0.114. The molecule has 0 radical (unpaired) electrons. The van der Waals surface area contributed by atoms with E-state index in [9.17, 15) is 101 Å². The van der Waals surface area contributed by atoms with Crippen LogP contribution in [0, 0.1) is 0 Å². The molecule has 3 aliphatic rings. The Labute approximate surface area is 436 Å². The summed E-state index contributed by atoms with van der Waals surface area (Å²) >= 11 is 0. The number of carbonyl (C=O) groups excluding carboxylic acids is 3. The summed E-state index contributed by atoms with van der Waals surface area (Å²) in [5, 5.41) is 154. The Morgan fingerprint density at radius 3 is 1.95 bits per heavy atom. The van der Waals surface area contributed by atoms with Crippen LogP contribution in [0.5, 0.6) is 34.5 Å². The third-order valence-corrected chi connectivity index (χ3v) is 12.0. The van der Waals surface area contributed by atoms with Gasteiger partial charge in [0.15, 0.2) is 23.9 Å². The minimum absolute atomic E-state index is 0.00883. The van der Waals surface area contributed by atoms with E-state index in [0.29, 0.717) is 6.08 Å². The van der Waals surface area contributed by atoms with Crippen LogP contribution in [0.3, 0.4) is 0 Å². The van der Waals surface area contributed by atoms with Gasteiger partial charge in [-0.1, -0.05) is 6.07 Å². The Hall–Kier alpha value is -7.56. The number of esters is 3. The second kappa shape index (κ2) is 24.8. The molecule has 7 rings (SSSR count). The molecule has 422 valence electrons. The number of hydrogen-bond acceptors (Lipinski definition) is 27. The summed E-state index contributed by atoms with van der Waals surface area (Å²) in [4.78, 5) is 62.9. The molecule has 30 heteroatoms. The third-order valence-electron chi connectivity index (χ3n) is 12.0. The van der Waals surface area contributed by atoms with Gasteiger partial charge in [0.05, 0.1) is 24.8 Å². The average Bonchev–Trinajstić information content (AvgIpc) is 3.49. The van der Waals surface area contributed by atoms with Gasteiger partial charge in [0, 0.05) is 18.2 Å². The molecule has 15 N–H and O–H groups in total. The number of phenols is 4. The number of phenolic OH excluding ortho intramolecular Hbond substituents is 4. The second-order valence-corrected chi connectivity index (χ2v) is 17.5. The lowest BCUT2D eigenvalue weighted by Gasteiger charge is -2.44. The van der Waals surface area contributed by atoms with E-state index < -0.39 is 172 Å². The van der Waals surface area contributed by atoms with E-state index in [2.05, 4.69) is 0 Å². The van der Waals surface area contributed by atoms with Gasteiger partial charge in [-0.3, -0.25) is 9.59 Å². The van der Waals surface area contributed by atoms with Crippen LogP contribution < -0.4 is 9.47 Å². The van der Waals surface area contributed by atoms with Gasteiger partial charge >= 0.3 is 41.2 Å². The SMILES string of the molecule is O=C(/C=C/c1ccc(O[C@@H]2O[C@H](CO)[C@@H](O)[C@H](O)[C@H]2O)c(O)c1)OC(C(=O)O)C(OC(=O)CC(=O)OC[C@H]1O[C@@H](Oc2cc3c(O)cc(O)cc3[o+]c2-c2ccc(O)cc2)[C@H](O[C@@H]2OC[C@@H](O)[C@H](O)[C@H]2O)[C@@H](O)[C@H]1O)C(=O)O. The topological polar surface area (TPSA) is 483 Å². The standard InChI is InChI=1S/C48H50O30/c49-14-28-34(59)36(61)39(64)47(74-28)72-25-7-1-17(9-23(25)53)2-8-30(55)76-42(44(65)66)43(45(67)68)77-32(57)13-31(56)69-16-29-35(60)37(62)41(78-46-38(63)33(58)24(54)15-70-46)48(75-29)73-27-12-21-22(52)10-20(51)11-26(21)71-40(27)18-3-5-19(50)6-4-18/h1-12,24,28-29,33-39,41-43,46-49,54,58-64H,13-16H2,(H5-,50,51,52,53,65,66,67,68)/p+1/b8-2+/t24-,28-,29-,33+,34-,35+,36+,37+,38-,39-,41-,42?,43?,46+,47-,48-/m1/s1. The van der Waals surface area contributed by atoms with E-state index in [1.807, 2.05) is 0 Å². The fourth-order valence-electron chi connectivity index (χ4n) is 7.91. The van der Waals surface area contributed by atoms with Gasteiger partial charge in [-0.25, -0.2) is 18.8 Å². The molecule has 0 amide bonds. The van der Waals surface area contributed by atoms with Crippen molar-refractivity contribution >= 4 is 46.9 Å². The van der Waals surface area contributed by atoms with Gasteiger partial charge in [-0.15, -0.1) is 0 Å². The number of carbonyl (C=O) groups is 5. The van der Waals surface area contributed by atoms with Gasteiger partial charge in [0.25, 0.3) is 0 Å². The van der Waals surface area contributed by atoms with Crippen molar-refractivity contribution in [3.05, 3.63) is 72.3 Å². The lowest BCUT2D eigenvalue weighted by molar-refractivity contribution is -0.345. The molecule has 3 fully saturated rings. The quantitative estimate of drug-likeness (QED) is 0.0144. The van der Waals surface area contributed by atoms with Crippen molar-refractivity contribution in [3.8, 4) is 45.8 Å². The molecular weight excluding hydrogens is 1060 g/mol. The molecular formula is C48H51O30+. The number of carboxylic acid groups (broad SMARTS) is 2. The van der Waals surface area contributed by atoms with Crippen LogP contribution in [-0.2, 0) is 57.1 Å². The lowest BCUT2D eigenvalue weighted by Crippen LogP contribution is -2.64. The predicted molar refractivity (Wildman–Crippen MR) is 247 cm³/mol. The van der Waals surface area contributed by atoms with Gasteiger partial charge in [0.2, 0.25) is 30.5 Å². The minimum atomic E-state index is -2.80. The van der Waals surface area contributed by atoms with Crippen LogP contribution in [0.1, 0.15) is 12.0 Å². The van der Waals surface area contributed by atoms with Crippen molar-refractivity contribution in [2.45, 2.75) is 105 Å².